The Bertz CT molecular complexity index is 626. The van der Waals surface area contributed by atoms with Crippen LogP contribution in [0, 0.1) is 5.82 Å². The molecule has 0 bridgehead atoms. The van der Waals surface area contributed by atoms with Gasteiger partial charge in [-0.2, -0.15) is 0 Å². The van der Waals surface area contributed by atoms with Gasteiger partial charge < -0.3 is 5.32 Å². The number of halogens is 2. The van der Waals surface area contributed by atoms with Gasteiger partial charge in [-0.1, -0.05) is 28.1 Å². The number of hydrogen-bond acceptors (Lipinski definition) is 2. The molecule has 1 aromatic carbocycles. The van der Waals surface area contributed by atoms with Crippen molar-refractivity contribution in [1.29, 1.82) is 0 Å². The molecule has 20 heavy (non-hydrogen) atoms. The van der Waals surface area contributed by atoms with Gasteiger partial charge in [-0.25, -0.2) is 4.39 Å². The van der Waals surface area contributed by atoms with E-state index in [-0.39, 0.29) is 5.56 Å². The summed E-state index contributed by atoms with van der Waals surface area (Å²) in [5.41, 5.74) is 0.321. The first-order valence-electron chi connectivity index (χ1n) is 6.08. The van der Waals surface area contributed by atoms with Crippen molar-refractivity contribution >= 4 is 21.8 Å². The summed E-state index contributed by atoms with van der Waals surface area (Å²) in [6.07, 6.45) is 2.42. The average molecular weight is 337 g/mol. The van der Waals surface area contributed by atoms with Crippen molar-refractivity contribution in [3.05, 3.63) is 64.1 Å². The zero-order valence-corrected chi connectivity index (χ0v) is 12.7. The van der Waals surface area contributed by atoms with Crippen molar-refractivity contribution in [3.8, 4) is 0 Å². The van der Waals surface area contributed by atoms with Crippen LogP contribution in [-0.4, -0.2) is 10.9 Å². The lowest BCUT2D eigenvalue weighted by Crippen LogP contribution is -2.41. The van der Waals surface area contributed by atoms with Crippen LogP contribution in [0.4, 0.5) is 4.39 Å². The molecular weight excluding hydrogens is 323 g/mol. The predicted octanol–water partition coefficient (Wildman–Crippen LogP) is 3.65. The van der Waals surface area contributed by atoms with Crippen LogP contribution in [0.5, 0.6) is 0 Å². The van der Waals surface area contributed by atoms with E-state index in [4.69, 9.17) is 0 Å². The number of carbonyl (C=O) groups is 1. The summed E-state index contributed by atoms with van der Waals surface area (Å²) in [6.45, 7) is 3.74. The third kappa shape index (κ3) is 3.22. The van der Waals surface area contributed by atoms with Crippen LogP contribution in [-0.2, 0) is 5.54 Å². The molecule has 0 saturated carbocycles. The summed E-state index contributed by atoms with van der Waals surface area (Å²) in [7, 11) is 0. The zero-order chi connectivity index (χ0) is 14.8. The van der Waals surface area contributed by atoms with Gasteiger partial charge in [-0.05, 0) is 37.6 Å². The number of benzene rings is 1. The molecule has 1 heterocycles. The van der Waals surface area contributed by atoms with Gasteiger partial charge in [0, 0.05) is 10.7 Å². The van der Waals surface area contributed by atoms with Gasteiger partial charge in [0.1, 0.15) is 0 Å². The van der Waals surface area contributed by atoms with E-state index in [1.54, 1.807) is 0 Å². The van der Waals surface area contributed by atoms with E-state index < -0.39 is 17.3 Å². The van der Waals surface area contributed by atoms with Gasteiger partial charge in [0.25, 0.3) is 5.91 Å². The maximum Gasteiger partial charge on any atom is 0.255 e. The van der Waals surface area contributed by atoms with E-state index in [1.807, 2.05) is 38.1 Å². The third-order valence-corrected chi connectivity index (χ3v) is 3.54. The van der Waals surface area contributed by atoms with E-state index >= 15 is 0 Å². The van der Waals surface area contributed by atoms with E-state index in [9.17, 15) is 9.18 Å². The van der Waals surface area contributed by atoms with Gasteiger partial charge in [0.05, 0.1) is 17.3 Å². The molecular formula is C15H14BrFN2O. The van der Waals surface area contributed by atoms with Crippen molar-refractivity contribution < 1.29 is 9.18 Å². The molecule has 0 atom stereocenters. The first-order chi connectivity index (χ1) is 9.40. The van der Waals surface area contributed by atoms with Crippen LogP contribution in [0.25, 0.3) is 0 Å². The lowest BCUT2D eigenvalue weighted by Gasteiger charge is -2.27. The standard InChI is InChI=1S/C15H14BrFN2O/c1-15(2,10-3-5-11(16)6-4-10)19-14(20)12-7-8-18-9-13(12)17/h3-9H,1-2H3,(H,19,20). The first-order valence-corrected chi connectivity index (χ1v) is 6.87. The Morgan fingerprint density at radius 3 is 2.50 bits per heavy atom. The lowest BCUT2D eigenvalue weighted by molar-refractivity contribution is 0.0907. The normalized spacial score (nSPS) is 11.2. The fourth-order valence-corrected chi connectivity index (χ4v) is 2.11. The molecule has 0 saturated heterocycles. The second kappa shape index (κ2) is 5.71. The van der Waals surface area contributed by atoms with E-state index in [0.29, 0.717) is 0 Å². The predicted molar refractivity (Wildman–Crippen MR) is 78.8 cm³/mol. The molecule has 0 aliphatic heterocycles. The van der Waals surface area contributed by atoms with Crippen LogP contribution in [0.1, 0.15) is 29.8 Å². The Kier molecular flexibility index (Phi) is 4.18. The van der Waals surface area contributed by atoms with Crippen molar-refractivity contribution in [3.63, 3.8) is 0 Å². The maximum atomic E-state index is 13.5. The molecule has 1 N–H and O–H groups in total. The monoisotopic (exact) mass is 336 g/mol. The van der Waals surface area contributed by atoms with Crippen molar-refractivity contribution in [2.45, 2.75) is 19.4 Å². The Morgan fingerprint density at radius 2 is 1.90 bits per heavy atom. The summed E-state index contributed by atoms with van der Waals surface area (Å²) in [6, 6.07) is 8.98. The lowest BCUT2D eigenvalue weighted by atomic mass is 9.94. The fourth-order valence-electron chi connectivity index (χ4n) is 1.85. The minimum Gasteiger partial charge on any atom is -0.343 e. The maximum absolute atomic E-state index is 13.5. The number of pyridine rings is 1. The molecule has 0 aliphatic rings. The molecule has 2 rings (SSSR count). The molecule has 0 unspecified atom stereocenters. The number of amides is 1. The van der Waals surface area contributed by atoms with E-state index in [1.165, 1.54) is 12.3 Å². The highest BCUT2D eigenvalue weighted by Crippen LogP contribution is 2.22. The summed E-state index contributed by atoms with van der Waals surface area (Å²) >= 11 is 3.37. The highest BCUT2D eigenvalue weighted by Gasteiger charge is 2.24. The molecule has 5 heteroatoms. The van der Waals surface area contributed by atoms with Crippen molar-refractivity contribution in [1.82, 2.24) is 10.3 Å². The van der Waals surface area contributed by atoms with Crippen LogP contribution < -0.4 is 5.32 Å². The number of rotatable bonds is 3. The Labute approximate surface area is 125 Å². The van der Waals surface area contributed by atoms with Crippen LogP contribution >= 0.6 is 15.9 Å². The summed E-state index contributed by atoms with van der Waals surface area (Å²) < 4.78 is 14.5. The molecule has 0 spiro atoms. The quantitative estimate of drug-likeness (QED) is 0.929. The van der Waals surface area contributed by atoms with Crippen LogP contribution in [0.2, 0.25) is 0 Å². The highest BCUT2D eigenvalue weighted by molar-refractivity contribution is 9.10. The Balaban J connectivity index is 2.22. The molecule has 0 radical (unpaired) electrons. The third-order valence-electron chi connectivity index (χ3n) is 3.01. The molecule has 1 aromatic heterocycles. The largest absolute Gasteiger partial charge is 0.343 e. The van der Waals surface area contributed by atoms with Gasteiger partial charge >= 0.3 is 0 Å². The van der Waals surface area contributed by atoms with Crippen molar-refractivity contribution in [2.24, 2.45) is 0 Å². The van der Waals surface area contributed by atoms with Crippen LogP contribution in [0.3, 0.4) is 0 Å². The van der Waals surface area contributed by atoms with Gasteiger partial charge in [0.15, 0.2) is 5.82 Å². The SMILES string of the molecule is CC(C)(NC(=O)c1ccncc1F)c1ccc(Br)cc1. The molecule has 2 aromatic rings. The molecule has 3 nitrogen and oxygen atoms in total. The molecule has 0 aliphatic carbocycles. The van der Waals surface area contributed by atoms with E-state index in [2.05, 4.69) is 26.2 Å². The number of aromatic nitrogens is 1. The van der Waals surface area contributed by atoms with Crippen LogP contribution in [0.15, 0.2) is 47.2 Å². The molecule has 104 valence electrons. The summed E-state index contributed by atoms with van der Waals surface area (Å²) in [5.74, 6) is -1.09. The Morgan fingerprint density at radius 1 is 1.25 bits per heavy atom. The first kappa shape index (κ1) is 14.7. The number of nitrogens with one attached hydrogen (secondary N) is 1. The minimum absolute atomic E-state index is 0.00909. The second-order valence-corrected chi connectivity index (χ2v) is 5.86. The Hall–Kier alpha value is -1.75. The average Bonchev–Trinajstić information content (AvgIpc) is 2.39. The topological polar surface area (TPSA) is 42.0 Å². The summed E-state index contributed by atoms with van der Waals surface area (Å²) in [4.78, 5) is 15.8. The summed E-state index contributed by atoms with van der Waals surface area (Å²) in [5, 5.41) is 2.83. The molecule has 1 amide bonds. The van der Waals surface area contributed by atoms with E-state index in [0.717, 1.165) is 16.2 Å². The highest BCUT2D eigenvalue weighted by atomic mass is 79.9. The van der Waals surface area contributed by atoms with Gasteiger partial charge in [-0.15, -0.1) is 0 Å². The number of nitrogens with zero attached hydrogens (tertiary/aromatic N) is 1. The second-order valence-electron chi connectivity index (χ2n) is 4.94. The minimum atomic E-state index is -0.628. The van der Waals surface area contributed by atoms with Gasteiger partial charge in [-0.3, -0.25) is 9.78 Å². The zero-order valence-electron chi connectivity index (χ0n) is 11.2. The van der Waals surface area contributed by atoms with Crippen molar-refractivity contribution in [2.75, 3.05) is 0 Å². The number of carbonyl (C=O) groups excluding carboxylic acids is 1. The fraction of sp³-hybridized carbons (Fsp3) is 0.200. The molecule has 0 fully saturated rings. The smallest absolute Gasteiger partial charge is 0.255 e. The van der Waals surface area contributed by atoms with Gasteiger partial charge in [0.2, 0.25) is 0 Å². The number of hydrogen-bond donors (Lipinski definition) is 1.